The number of hydrogen-bond donors (Lipinski definition) is 0. The molecule has 2 rings (SSSR count). The molecule has 17 heavy (non-hydrogen) atoms. The minimum absolute atomic E-state index is 0.0827. The fraction of sp³-hybridized carbons (Fsp3) is 0.143. The smallest absolute Gasteiger partial charge is 0.232 e. The van der Waals surface area contributed by atoms with Crippen molar-refractivity contribution in [1.29, 1.82) is 5.26 Å². The maximum atomic E-state index is 11.9. The molecule has 0 atom stereocenters. The average Bonchev–Trinajstić information content (AvgIpc) is 2.75. The number of aromatic nitrogens is 1. The zero-order valence-electron chi connectivity index (χ0n) is 9.18. The highest BCUT2D eigenvalue weighted by Crippen LogP contribution is 2.20. The van der Waals surface area contributed by atoms with Gasteiger partial charge in [0.2, 0.25) is 5.91 Å². The van der Waals surface area contributed by atoms with Crippen LogP contribution in [0.5, 0.6) is 0 Å². The number of rotatable bonds is 2. The molecule has 1 aromatic carbocycles. The van der Waals surface area contributed by atoms with Crippen molar-refractivity contribution in [2.24, 2.45) is 0 Å². The van der Waals surface area contributed by atoms with Gasteiger partial charge in [-0.05, 0) is 6.07 Å². The average molecular weight is 222 g/mol. The molecule has 0 unspecified atom stereocenters. The molecule has 0 aliphatic carbocycles. The van der Waals surface area contributed by atoms with E-state index in [1.54, 1.807) is 6.20 Å². The van der Waals surface area contributed by atoms with Gasteiger partial charge >= 0.3 is 0 Å². The zero-order chi connectivity index (χ0) is 12.3. The summed E-state index contributed by atoms with van der Waals surface area (Å²) in [6.45, 7) is 0. The van der Waals surface area contributed by atoms with Crippen LogP contribution >= 0.6 is 0 Å². The molecule has 0 radical (unpaired) electrons. The van der Waals surface area contributed by atoms with E-state index >= 15 is 0 Å². The summed E-state index contributed by atoms with van der Waals surface area (Å²) < 4.78 is 1.51. The Bertz CT molecular complexity index is 653. The van der Waals surface area contributed by atoms with E-state index in [0.29, 0.717) is 18.4 Å². The molecule has 0 amide bonds. The Morgan fingerprint density at radius 1 is 1.41 bits per heavy atom. The highest BCUT2D eigenvalue weighted by Gasteiger charge is 2.12. The first-order valence-electron chi connectivity index (χ1n) is 5.24. The van der Waals surface area contributed by atoms with E-state index in [9.17, 15) is 4.79 Å². The second kappa shape index (κ2) is 4.55. The highest BCUT2D eigenvalue weighted by molar-refractivity contribution is 5.95. The van der Waals surface area contributed by atoms with Gasteiger partial charge in [0.05, 0.1) is 11.1 Å². The van der Waals surface area contributed by atoms with Gasteiger partial charge in [-0.25, -0.2) is 0 Å². The highest BCUT2D eigenvalue weighted by atomic mass is 16.2. The summed E-state index contributed by atoms with van der Waals surface area (Å²) in [5.74, 6) is 2.36. The third kappa shape index (κ3) is 1.91. The van der Waals surface area contributed by atoms with Gasteiger partial charge in [0.15, 0.2) is 0 Å². The van der Waals surface area contributed by atoms with Crippen LogP contribution in [0, 0.1) is 23.7 Å². The summed E-state index contributed by atoms with van der Waals surface area (Å²) in [4.78, 5) is 11.9. The first-order chi connectivity index (χ1) is 8.27. The number of benzene rings is 1. The van der Waals surface area contributed by atoms with Gasteiger partial charge in [-0.3, -0.25) is 9.36 Å². The van der Waals surface area contributed by atoms with Gasteiger partial charge in [0, 0.05) is 24.4 Å². The largest absolute Gasteiger partial charge is 0.286 e. The van der Waals surface area contributed by atoms with E-state index < -0.39 is 0 Å². The first kappa shape index (κ1) is 11.0. The molecule has 3 nitrogen and oxygen atoms in total. The van der Waals surface area contributed by atoms with E-state index in [2.05, 4.69) is 12.0 Å². The molecular formula is C14H10N2O. The Hall–Kier alpha value is -2.52. The molecule has 0 saturated carbocycles. The topological polar surface area (TPSA) is 45.8 Å². The van der Waals surface area contributed by atoms with E-state index in [1.165, 1.54) is 4.57 Å². The molecule has 0 aliphatic rings. The normalized spacial score (nSPS) is 9.76. The fourth-order valence-electron chi connectivity index (χ4n) is 1.77. The van der Waals surface area contributed by atoms with Crippen LogP contribution in [0.4, 0.5) is 0 Å². The number of nitriles is 1. The zero-order valence-corrected chi connectivity index (χ0v) is 9.18. The van der Waals surface area contributed by atoms with Crippen LogP contribution in [0.15, 0.2) is 30.5 Å². The molecule has 0 spiro atoms. The summed E-state index contributed by atoms with van der Waals surface area (Å²) >= 11 is 0. The van der Waals surface area contributed by atoms with Crippen molar-refractivity contribution >= 4 is 16.8 Å². The standard InChI is InChI=1S/C14H10N2O/c1-2-3-8-14(17)16-10-11(9-15)12-6-4-5-7-13(12)16/h1,4-7,10H,3,8H2. The summed E-state index contributed by atoms with van der Waals surface area (Å²) in [5.41, 5.74) is 1.26. The van der Waals surface area contributed by atoms with Crippen molar-refractivity contribution in [3.8, 4) is 18.4 Å². The Morgan fingerprint density at radius 2 is 2.18 bits per heavy atom. The predicted molar refractivity (Wildman–Crippen MR) is 65.3 cm³/mol. The van der Waals surface area contributed by atoms with Gasteiger partial charge in [0.1, 0.15) is 6.07 Å². The summed E-state index contributed by atoms with van der Waals surface area (Å²) in [5, 5.41) is 9.80. The van der Waals surface area contributed by atoms with Crippen LogP contribution in [-0.4, -0.2) is 10.5 Å². The van der Waals surface area contributed by atoms with Gasteiger partial charge in [0.25, 0.3) is 0 Å². The second-order valence-electron chi connectivity index (χ2n) is 3.64. The number of nitrogens with zero attached hydrogens (tertiary/aromatic N) is 2. The second-order valence-corrected chi connectivity index (χ2v) is 3.64. The number of fused-ring (bicyclic) bond motifs is 1. The lowest BCUT2D eigenvalue weighted by molar-refractivity contribution is 0.0910. The molecule has 0 aliphatic heterocycles. The lowest BCUT2D eigenvalue weighted by Crippen LogP contribution is -2.08. The van der Waals surface area contributed by atoms with Crippen LogP contribution in [0.3, 0.4) is 0 Å². The molecule has 1 aromatic heterocycles. The maximum Gasteiger partial charge on any atom is 0.232 e. The molecule has 0 N–H and O–H groups in total. The lowest BCUT2D eigenvalue weighted by Gasteiger charge is -2.01. The van der Waals surface area contributed by atoms with Crippen molar-refractivity contribution in [1.82, 2.24) is 4.57 Å². The number of hydrogen-bond acceptors (Lipinski definition) is 2. The van der Waals surface area contributed by atoms with Crippen LogP contribution < -0.4 is 0 Å². The van der Waals surface area contributed by atoms with Crippen LogP contribution in [0.2, 0.25) is 0 Å². The molecule has 82 valence electrons. The van der Waals surface area contributed by atoms with E-state index in [4.69, 9.17) is 11.7 Å². The van der Waals surface area contributed by atoms with Crippen molar-refractivity contribution in [2.45, 2.75) is 12.8 Å². The van der Waals surface area contributed by atoms with Crippen LogP contribution in [-0.2, 0) is 0 Å². The minimum atomic E-state index is -0.0827. The van der Waals surface area contributed by atoms with E-state index in [0.717, 1.165) is 10.9 Å². The summed E-state index contributed by atoms with van der Waals surface area (Å²) in [6, 6.07) is 9.43. The molecule has 0 fully saturated rings. The number of para-hydroxylation sites is 1. The maximum absolute atomic E-state index is 11.9. The van der Waals surface area contributed by atoms with Crippen LogP contribution in [0.25, 0.3) is 10.9 Å². The van der Waals surface area contributed by atoms with E-state index in [1.807, 2.05) is 24.3 Å². The summed E-state index contributed by atoms with van der Waals surface area (Å²) in [6.07, 6.45) is 7.41. The Morgan fingerprint density at radius 3 is 2.88 bits per heavy atom. The van der Waals surface area contributed by atoms with Crippen LogP contribution in [0.1, 0.15) is 23.2 Å². The molecule has 0 saturated heterocycles. The van der Waals surface area contributed by atoms with Gasteiger partial charge in [-0.2, -0.15) is 5.26 Å². The number of carbonyl (C=O) groups is 1. The Balaban J connectivity index is 2.52. The molecule has 1 heterocycles. The van der Waals surface area contributed by atoms with Gasteiger partial charge < -0.3 is 0 Å². The predicted octanol–water partition coefficient (Wildman–Crippen LogP) is 2.57. The molecule has 0 bridgehead atoms. The van der Waals surface area contributed by atoms with Gasteiger partial charge in [-0.1, -0.05) is 18.2 Å². The minimum Gasteiger partial charge on any atom is -0.286 e. The monoisotopic (exact) mass is 222 g/mol. The fourth-order valence-corrected chi connectivity index (χ4v) is 1.77. The SMILES string of the molecule is C#CCCC(=O)n1cc(C#N)c2ccccc21. The van der Waals surface area contributed by atoms with Crippen molar-refractivity contribution in [3.63, 3.8) is 0 Å². The third-order valence-electron chi connectivity index (χ3n) is 2.58. The van der Waals surface area contributed by atoms with Crippen molar-refractivity contribution < 1.29 is 4.79 Å². The number of carbonyl (C=O) groups excluding carboxylic acids is 1. The number of terminal acetylenes is 1. The third-order valence-corrected chi connectivity index (χ3v) is 2.58. The molecule has 2 aromatic rings. The summed E-state index contributed by atoms with van der Waals surface area (Å²) in [7, 11) is 0. The first-order valence-corrected chi connectivity index (χ1v) is 5.24. The van der Waals surface area contributed by atoms with Crippen molar-refractivity contribution in [2.75, 3.05) is 0 Å². The Kier molecular flexibility index (Phi) is 2.94. The molecular weight excluding hydrogens is 212 g/mol. The van der Waals surface area contributed by atoms with Gasteiger partial charge in [-0.15, -0.1) is 12.3 Å². The Labute approximate surface area is 99.3 Å². The lowest BCUT2D eigenvalue weighted by atomic mass is 10.2. The quantitative estimate of drug-likeness (QED) is 0.733. The van der Waals surface area contributed by atoms with Crippen molar-refractivity contribution in [3.05, 3.63) is 36.0 Å². The molecule has 3 heteroatoms. The van der Waals surface area contributed by atoms with E-state index in [-0.39, 0.29) is 5.91 Å².